The summed E-state index contributed by atoms with van der Waals surface area (Å²) >= 11 is 2.95. The first kappa shape index (κ1) is 18.6. The number of hydrogen-bond donors (Lipinski definition) is 1. The lowest BCUT2D eigenvalue weighted by Crippen LogP contribution is -2.60. The van der Waals surface area contributed by atoms with Gasteiger partial charge in [0.2, 0.25) is 11.1 Å². The van der Waals surface area contributed by atoms with Crippen molar-refractivity contribution in [2.24, 2.45) is 0 Å². The van der Waals surface area contributed by atoms with Crippen molar-refractivity contribution in [1.82, 2.24) is 10.1 Å². The summed E-state index contributed by atoms with van der Waals surface area (Å²) < 4.78 is 1.69. The standard InChI is InChI=1S/C20H18N4O2S2/c1-4-10-28-20-21-18(26)16-14-7-5-6-8-15(14)23(13(3)25)19(24(16)22-20)17-12(2)9-11-27-17/h4-9,11,19H,1,10H2,2-3H3/p+1/t19-/m1/s1. The van der Waals surface area contributed by atoms with Crippen molar-refractivity contribution in [3.8, 4) is 11.3 Å². The first-order valence-corrected chi connectivity index (χ1v) is 10.6. The van der Waals surface area contributed by atoms with E-state index in [1.165, 1.54) is 11.8 Å². The number of aromatic nitrogens is 3. The molecule has 3 aromatic rings. The quantitative estimate of drug-likeness (QED) is 0.406. The Labute approximate surface area is 170 Å². The minimum absolute atomic E-state index is 0.106. The van der Waals surface area contributed by atoms with Gasteiger partial charge in [-0.05, 0) is 40.7 Å². The predicted molar refractivity (Wildman–Crippen MR) is 112 cm³/mol. The van der Waals surface area contributed by atoms with Crippen molar-refractivity contribution in [2.75, 3.05) is 10.7 Å². The summed E-state index contributed by atoms with van der Waals surface area (Å²) in [4.78, 5) is 31.3. The van der Waals surface area contributed by atoms with Crippen molar-refractivity contribution in [2.45, 2.75) is 25.2 Å². The van der Waals surface area contributed by atoms with Gasteiger partial charge in [0.05, 0.1) is 11.3 Å². The van der Waals surface area contributed by atoms with E-state index in [2.05, 4.69) is 11.6 Å². The van der Waals surface area contributed by atoms with E-state index in [0.29, 0.717) is 27.9 Å². The Bertz CT molecular complexity index is 1140. The SMILES string of the molecule is C=CCSc1n[n+]2c(c(=O)[nH]1)-c1ccccc1N(C(C)=O)[C@H]2c1sccc1C. The molecule has 0 fully saturated rings. The number of thioether (sulfide) groups is 1. The van der Waals surface area contributed by atoms with Gasteiger partial charge >= 0.3 is 17.4 Å². The van der Waals surface area contributed by atoms with Crippen LogP contribution in [0.3, 0.4) is 0 Å². The number of hydrogen-bond acceptors (Lipinski definition) is 5. The number of amides is 1. The van der Waals surface area contributed by atoms with Crippen molar-refractivity contribution in [3.05, 3.63) is 69.2 Å². The molecule has 0 saturated heterocycles. The van der Waals surface area contributed by atoms with Crippen molar-refractivity contribution in [3.63, 3.8) is 0 Å². The molecule has 0 bridgehead atoms. The Morgan fingerprint density at radius 1 is 1.43 bits per heavy atom. The highest BCUT2D eigenvalue weighted by atomic mass is 32.2. The topological polar surface area (TPSA) is 69.9 Å². The van der Waals surface area contributed by atoms with E-state index in [4.69, 9.17) is 5.10 Å². The maximum absolute atomic E-state index is 13.0. The lowest BCUT2D eigenvalue weighted by atomic mass is 10.0. The zero-order chi connectivity index (χ0) is 19.8. The zero-order valence-corrected chi connectivity index (χ0v) is 17.1. The third-order valence-corrected chi connectivity index (χ3v) is 6.49. The van der Waals surface area contributed by atoms with Gasteiger partial charge in [-0.15, -0.1) is 17.9 Å². The average molecular weight is 412 g/mol. The lowest BCUT2D eigenvalue weighted by Gasteiger charge is -2.31. The van der Waals surface area contributed by atoms with Crippen molar-refractivity contribution in [1.29, 1.82) is 0 Å². The fourth-order valence-corrected chi connectivity index (χ4v) is 4.99. The number of carbonyl (C=O) groups is 1. The van der Waals surface area contributed by atoms with Crippen LogP contribution >= 0.6 is 23.1 Å². The first-order chi connectivity index (χ1) is 13.5. The number of H-pyrrole nitrogens is 1. The van der Waals surface area contributed by atoms with E-state index in [1.54, 1.807) is 33.9 Å². The van der Waals surface area contributed by atoms with E-state index in [1.807, 2.05) is 42.6 Å². The molecule has 28 heavy (non-hydrogen) atoms. The van der Waals surface area contributed by atoms with Gasteiger partial charge in [0.25, 0.3) is 0 Å². The highest BCUT2D eigenvalue weighted by Crippen LogP contribution is 2.39. The van der Waals surface area contributed by atoms with Crippen LogP contribution in [0.4, 0.5) is 5.69 Å². The molecule has 6 nitrogen and oxygen atoms in total. The van der Waals surface area contributed by atoms with Crippen LogP contribution in [0.2, 0.25) is 0 Å². The summed E-state index contributed by atoms with van der Waals surface area (Å²) in [6.45, 7) is 7.27. The predicted octanol–water partition coefficient (Wildman–Crippen LogP) is 3.29. The summed E-state index contributed by atoms with van der Waals surface area (Å²) in [7, 11) is 0. The van der Waals surface area contributed by atoms with Gasteiger partial charge in [0, 0.05) is 17.8 Å². The van der Waals surface area contributed by atoms with E-state index in [-0.39, 0.29) is 11.5 Å². The molecule has 0 spiro atoms. The van der Waals surface area contributed by atoms with Crippen LogP contribution in [0.15, 0.2) is 58.3 Å². The number of para-hydroxylation sites is 1. The van der Waals surface area contributed by atoms with Crippen LogP contribution in [0.1, 0.15) is 23.5 Å². The van der Waals surface area contributed by atoms with E-state index in [0.717, 1.165) is 10.4 Å². The molecule has 3 heterocycles. The van der Waals surface area contributed by atoms with Crippen LogP contribution in [-0.2, 0) is 4.79 Å². The van der Waals surface area contributed by atoms with Gasteiger partial charge in [0.1, 0.15) is 4.88 Å². The number of rotatable bonds is 4. The number of aromatic amines is 1. The summed E-state index contributed by atoms with van der Waals surface area (Å²) in [5.74, 6) is 0.517. The molecule has 1 amide bonds. The first-order valence-electron chi connectivity index (χ1n) is 8.76. The van der Waals surface area contributed by atoms with E-state index >= 15 is 0 Å². The van der Waals surface area contributed by atoms with Crippen molar-refractivity contribution < 1.29 is 9.48 Å². The Balaban J connectivity index is 2.05. The Morgan fingerprint density at radius 2 is 2.21 bits per heavy atom. The molecule has 1 N–H and O–H groups in total. The Kier molecular flexibility index (Phi) is 4.91. The van der Waals surface area contributed by atoms with Crippen LogP contribution in [0.5, 0.6) is 0 Å². The minimum Gasteiger partial charge on any atom is -0.291 e. The molecular weight excluding hydrogens is 392 g/mol. The van der Waals surface area contributed by atoms with Crippen molar-refractivity contribution >= 4 is 34.7 Å². The van der Waals surface area contributed by atoms with Gasteiger partial charge in [-0.3, -0.25) is 14.6 Å². The molecule has 0 radical (unpaired) electrons. The summed E-state index contributed by atoms with van der Waals surface area (Å²) in [5, 5.41) is 7.20. The molecule has 0 aliphatic carbocycles. The summed E-state index contributed by atoms with van der Waals surface area (Å²) in [5.41, 5.74) is 2.69. The molecule has 1 aliphatic heterocycles. The second kappa shape index (κ2) is 7.37. The van der Waals surface area contributed by atoms with Gasteiger partial charge < -0.3 is 0 Å². The molecule has 2 aromatic heterocycles. The summed E-state index contributed by atoms with van der Waals surface area (Å²) in [6, 6.07) is 9.47. The third kappa shape index (κ3) is 2.98. The highest BCUT2D eigenvalue weighted by molar-refractivity contribution is 7.99. The number of aryl methyl sites for hydroxylation is 1. The van der Waals surface area contributed by atoms with Crippen LogP contribution in [0, 0.1) is 6.92 Å². The van der Waals surface area contributed by atoms with E-state index < -0.39 is 6.17 Å². The van der Waals surface area contributed by atoms with E-state index in [9.17, 15) is 9.59 Å². The fraction of sp³-hybridized carbons (Fsp3) is 0.200. The van der Waals surface area contributed by atoms with Gasteiger partial charge in [-0.1, -0.05) is 30.0 Å². The van der Waals surface area contributed by atoms with Crippen LogP contribution in [0.25, 0.3) is 11.3 Å². The molecule has 0 saturated carbocycles. The number of carbonyl (C=O) groups excluding carboxylic acids is 1. The number of nitrogens with one attached hydrogen (secondary N) is 1. The number of thiophene rings is 1. The largest absolute Gasteiger partial charge is 0.325 e. The Morgan fingerprint density at radius 3 is 2.89 bits per heavy atom. The lowest BCUT2D eigenvalue weighted by molar-refractivity contribution is -0.762. The molecule has 1 atom stereocenters. The smallest absolute Gasteiger partial charge is 0.291 e. The molecular formula is C20H19N4O2S2+. The maximum atomic E-state index is 13.0. The average Bonchev–Trinajstić information content (AvgIpc) is 3.10. The van der Waals surface area contributed by atoms with Crippen LogP contribution < -0.4 is 15.1 Å². The third-order valence-electron chi connectivity index (χ3n) is 4.57. The number of anilines is 1. The molecule has 0 unspecified atom stereocenters. The Hall–Kier alpha value is -2.71. The molecule has 4 rings (SSSR count). The number of fused-ring (bicyclic) bond motifs is 3. The van der Waals surface area contributed by atoms with Gasteiger partial charge in [-0.2, -0.15) is 0 Å². The van der Waals surface area contributed by atoms with Gasteiger partial charge in [-0.25, -0.2) is 4.90 Å². The molecule has 142 valence electrons. The minimum atomic E-state index is -0.507. The normalized spacial score (nSPS) is 15.1. The molecule has 8 heteroatoms. The highest BCUT2D eigenvalue weighted by Gasteiger charge is 2.45. The summed E-state index contributed by atoms with van der Waals surface area (Å²) in [6.07, 6.45) is 1.25. The van der Waals surface area contributed by atoms with Crippen LogP contribution in [-0.4, -0.2) is 21.7 Å². The van der Waals surface area contributed by atoms with Gasteiger partial charge in [0.15, 0.2) is 0 Å². The second-order valence-corrected chi connectivity index (χ2v) is 8.36. The number of nitrogens with zero attached hydrogens (tertiary/aromatic N) is 3. The molecule has 1 aliphatic rings. The number of benzene rings is 1. The maximum Gasteiger partial charge on any atom is 0.325 e. The monoisotopic (exact) mass is 411 g/mol. The zero-order valence-electron chi connectivity index (χ0n) is 15.5. The second-order valence-electron chi connectivity index (χ2n) is 6.40. The molecule has 1 aromatic carbocycles. The fourth-order valence-electron chi connectivity index (χ4n) is 3.40.